The summed E-state index contributed by atoms with van der Waals surface area (Å²) in [4.78, 5) is 31.5. The van der Waals surface area contributed by atoms with Crippen LogP contribution >= 0.6 is 0 Å². The largest absolute Gasteiger partial charge is 0.442 e. The van der Waals surface area contributed by atoms with Gasteiger partial charge in [-0.05, 0) is 102 Å². The molecule has 15 heteroatoms. The second-order valence-electron chi connectivity index (χ2n) is 16.5. The van der Waals surface area contributed by atoms with Gasteiger partial charge in [-0.25, -0.2) is 4.79 Å². The molecule has 0 aromatic heterocycles. The van der Waals surface area contributed by atoms with E-state index in [0.29, 0.717) is 92.0 Å². The van der Waals surface area contributed by atoms with Crippen molar-refractivity contribution in [3.05, 3.63) is 0 Å². The zero-order chi connectivity index (χ0) is 39.7. The summed E-state index contributed by atoms with van der Waals surface area (Å²) in [6, 6.07) is 0. The molecule has 0 aromatic carbocycles. The molecule has 0 radical (unpaired) electrons. The van der Waals surface area contributed by atoms with Crippen LogP contribution in [0.15, 0.2) is 0 Å². The van der Waals surface area contributed by atoms with E-state index < -0.39 is 22.9 Å². The maximum atomic E-state index is 13.3. The van der Waals surface area contributed by atoms with Crippen LogP contribution in [0.4, 0.5) is 4.79 Å². The molecule has 0 aliphatic carbocycles. The number of nitrogens with two attached hydrogens (primary N) is 2. The quantitative estimate of drug-likeness (QED) is 0.0663. The predicted molar refractivity (Wildman–Crippen MR) is 201 cm³/mol. The summed E-state index contributed by atoms with van der Waals surface area (Å²) in [5.41, 5.74) is 12.4. The summed E-state index contributed by atoms with van der Waals surface area (Å²) in [5, 5.41) is 0. The maximum absolute atomic E-state index is 13.3. The van der Waals surface area contributed by atoms with Gasteiger partial charge in [-0.2, -0.15) is 5.48 Å². The molecule has 5 N–H and O–H groups in total. The first-order chi connectivity index (χ1) is 24.0. The molecule has 0 bridgehead atoms. The highest BCUT2D eigenvalue weighted by Crippen LogP contribution is 2.20. The van der Waals surface area contributed by atoms with Crippen molar-refractivity contribution in [3.8, 4) is 0 Å². The summed E-state index contributed by atoms with van der Waals surface area (Å²) in [6.07, 6.45) is 2.18. The summed E-state index contributed by atoms with van der Waals surface area (Å²) in [5.74, 6) is -0.0879. The van der Waals surface area contributed by atoms with E-state index in [1.54, 1.807) is 20.8 Å². The number of rotatable bonds is 32. The Morgan fingerprint density at radius 3 is 1.25 bits per heavy atom. The Morgan fingerprint density at radius 2 is 0.885 bits per heavy atom. The summed E-state index contributed by atoms with van der Waals surface area (Å²) in [6.45, 7) is 27.1. The van der Waals surface area contributed by atoms with Gasteiger partial charge in [0.2, 0.25) is 5.91 Å². The van der Waals surface area contributed by atoms with Gasteiger partial charge in [0.15, 0.2) is 0 Å². The molecule has 2 amide bonds. The fourth-order valence-electron chi connectivity index (χ4n) is 4.13. The van der Waals surface area contributed by atoms with Crippen molar-refractivity contribution in [3.63, 3.8) is 0 Å². The minimum atomic E-state index is -0.647. The van der Waals surface area contributed by atoms with Gasteiger partial charge < -0.3 is 54.3 Å². The smallest absolute Gasteiger partial charge is 0.431 e. The minimum Gasteiger partial charge on any atom is -0.442 e. The van der Waals surface area contributed by atoms with Gasteiger partial charge in [0.25, 0.3) is 0 Å². The number of hydrogen-bond donors (Lipinski definition) is 3. The molecule has 0 heterocycles. The van der Waals surface area contributed by atoms with E-state index in [4.69, 9.17) is 54.2 Å². The molecule has 15 nitrogen and oxygen atoms in total. The van der Waals surface area contributed by atoms with E-state index >= 15 is 0 Å². The first-order valence-corrected chi connectivity index (χ1v) is 18.6. The van der Waals surface area contributed by atoms with Gasteiger partial charge in [-0.3, -0.25) is 9.63 Å². The zero-order valence-electron chi connectivity index (χ0n) is 34.5. The number of carbonyl (C=O) groups excluding carboxylic acids is 2. The average molecular weight is 753 g/mol. The number of amides is 2. The van der Waals surface area contributed by atoms with Gasteiger partial charge in [-0.15, -0.1) is 0 Å². The van der Waals surface area contributed by atoms with Gasteiger partial charge in [0, 0.05) is 37.4 Å². The third-order valence-electron chi connectivity index (χ3n) is 7.40. The van der Waals surface area contributed by atoms with Crippen LogP contribution < -0.4 is 16.9 Å². The minimum absolute atomic E-state index is 0.0395. The monoisotopic (exact) mass is 753 g/mol. The van der Waals surface area contributed by atoms with Crippen LogP contribution in [0.5, 0.6) is 0 Å². The zero-order valence-corrected chi connectivity index (χ0v) is 34.5. The highest BCUT2D eigenvalue weighted by molar-refractivity contribution is 5.77. The molecule has 0 atom stereocenters. The number of hydrogen-bond acceptors (Lipinski definition) is 13. The average Bonchev–Trinajstić information content (AvgIpc) is 2.97. The lowest BCUT2D eigenvalue weighted by Gasteiger charge is -2.33. The second-order valence-corrected chi connectivity index (χ2v) is 16.5. The second kappa shape index (κ2) is 26.2. The van der Waals surface area contributed by atoms with Crippen LogP contribution in [0, 0.1) is 0 Å². The maximum Gasteiger partial charge on any atom is 0.431 e. The molecular formula is C37H76N4O11. The Labute approximate surface area is 314 Å². The van der Waals surface area contributed by atoms with Crippen molar-refractivity contribution in [2.45, 2.75) is 130 Å². The molecular weight excluding hydrogens is 676 g/mol. The SMILES string of the molecule is CC(C)(N)CCOC(C)(C)CCN(CCC(C)(C)OCCC(C)(C)N)C(=O)COCCOCCOCCOCCOCCONC(=O)OC(C)(C)C. The molecule has 52 heavy (non-hydrogen) atoms. The van der Waals surface area contributed by atoms with Crippen molar-refractivity contribution in [2.24, 2.45) is 11.5 Å². The third kappa shape index (κ3) is 34.1. The fourth-order valence-corrected chi connectivity index (χ4v) is 4.13. The van der Waals surface area contributed by atoms with E-state index in [0.717, 1.165) is 12.8 Å². The van der Waals surface area contributed by atoms with E-state index in [9.17, 15) is 9.59 Å². The Morgan fingerprint density at radius 1 is 0.519 bits per heavy atom. The molecule has 0 aliphatic heterocycles. The Balaban J connectivity index is 4.26. The van der Waals surface area contributed by atoms with Crippen molar-refractivity contribution < 1.29 is 52.3 Å². The predicted octanol–water partition coefficient (Wildman–Crippen LogP) is 3.98. The Hall–Kier alpha value is -1.66. The van der Waals surface area contributed by atoms with Crippen LogP contribution in [0.25, 0.3) is 0 Å². The molecule has 0 aliphatic rings. The van der Waals surface area contributed by atoms with Crippen LogP contribution in [0.1, 0.15) is 102 Å². The molecule has 310 valence electrons. The van der Waals surface area contributed by atoms with Crippen molar-refractivity contribution in [2.75, 3.05) is 99.0 Å². The van der Waals surface area contributed by atoms with Gasteiger partial charge in [0.05, 0.1) is 77.3 Å². The van der Waals surface area contributed by atoms with E-state index in [1.807, 2.05) is 60.3 Å². The van der Waals surface area contributed by atoms with Crippen LogP contribution in [-0.4, -0.2) is 144 Å². The Kier molecular flexibility index (Phi) is 25.4. The molecule has 0 saturated heterocycles. The summed E-state index contributed by atoms with van der Waals surface area (Å²) in [7, 11) is 0. The Bertz CT molecular complexity index is 896. The lowest BCUT2D eigenvalue weighted by Crippen LogP contribution is -2.42. The number of nitrogens with zero attached hydrogens (tertiary/aromatic N) is 1. The lowest BCUT2D eigenvalue weighted by molar-refractivity contribution is -0.138. The normalized spacial score (nSPS) is 13.0. The fraction of sp³-hybridized carbons (Fsp3) is 0.946. The van der Waals surface area contributed by atoms with Crippen LogP contribution in [0.3, 0.4) is 0 Å². The van der Waals surface area contributed by atoms with E-state index in [1.165, 1.54) is 0 Å². The van der Waals surface area contributed by atoms with Crippen LogP contribution in [-0.2, 0) is 47.5 Å². The highest BCUT2D eigenvalue weighted by Gasteiger charge is 2.26. The number of nitrogens with one attached hydrogen (secondary N) is 1. The topological polar surface area (TPSA) is 185 Å². The molecule has 0 unspecified atom stereocenters. The van der Waals surface area contributed by atoms with Crippen molar-refractivity contribution in [1.82, 2.24) is 10.4 Å². The van der Waals surface area contributed by atoms with Crippen LogP contribution in [0.2, 0.25) is 0 Å². The number of carbonyl (C=O) groups is 2. The van der Waals surface area contributed by atoms with Crippen molar-refractivity contribution >= 4 is 12.0 Å². The number of hydroxylamine groups is 1. The van der Waals surface area contributed by atoms with Gasteiger partial charge in [0.1, 0.15) is 12.2 Å². The summed E-state index contributed by atoms with van der Waals surface area (Å²) >= 11 is 0. The molecule has 0 rings (SSSR count). The lowest BCUT2D eigenvalue weighted by atomic mass is 10.0. The van der Waals surface area contributed by atoms with E-state index in [2.05, 4.69) is 5.48 Å². The number of ether oxygens (including phenoxy) is 8. The first kappa shape index (κ1) is 50.3. The van der Waals surface area contributed by atoms with E-state index in [-0.39, 0.29) is 36.8 Å². The van der Waals surface area contributed by atoms with Gasteiger partial charge in [-0.1, -0.05) is 0 Å². The molecule has 0 fully saturated rings. The van der Waals surface area contributed by atoms with Crippen molar-refractivity contribution in [1.29, 1.82) is 0 Å². The molecule has 0 saturated carbocycles. The summed E-state index contributed by atoms with van der Waals surface area (Å²) < 4.78 is 44.9. The highest BCUT2D eigenvalue weighted by atomic mass is 16.7. The third-order valence-corrected chi connectivity index (χ3v) is 7.40. The molecule has 0 spiro atoms. The first-order valence-electron chi connectivity index (χ1n) is 18.6. The van der Waals surface area contributed by atoms with Gasteiger partial charge >= 0.3 is 6.09 Å². The standard InChI is InChI=1S/C37H76N4O11/c1-33(2,3)52-32(43)40-51-29-28-47-25-24-45-21-20-44-22-23-46-26-27-48-30-31(42)41(16-12-36(8,9)49-18-14-34(4,5)38)17-13-37(10,11)50-19-15-35(6,7)39/h12-30,38-39H2,1-11H3,(H,40,43). The molecule has 0 aromatic rings.